The summed E-state index contributed by atoms with van der Waals surface area (Å²) in [6, 6.07) is 4.55. The molecule has 2 rings (SSSR count). The number of rotatable bonds is 4. The molecule has 1 aliphatic rings. The Kier molecular flexibility index (Phi) is 3.36. The summed E-state index contributed by atoms with van der Waals surface area (Å²) < 4.78 is 10.4. The van der Waals surface area contributed by atoms with E-state index in [-0.39, 0.29) is 19.1 Å². The van der Waals surface area contributed by atoms with Gasteiger partial charge in [0.2, 0.25) is 6.79 Å². The first-order valence-electron chi connectivity index (χ1n) is 5.49. The monoisotopic (exact) mass is 251 g/mol. The molecule has 0 saturated heterocycles. The van der Waals surface area contributed by atoms with E-state index in [0.717, 1.165) is 0 Å². The molecule has 1 aromatic carbocycles. The third-order valence-electron chi connectivity index (χ3n) is 2.50. The number of aliphatic carboxylic acids is 1. The van der Waals surface area contributed by atoms with Gasteiger partial charge < -0.3 is 19.9 Å². The van der Waals surface area contributed by atoms with E-state index in [1.807, 2.05) is 0 Å². The van der Waals surface area contributed by atoms with E-state index < -0.39 is 12.0 Å². The number of hydrogen-bond donors (Lipinski definition) is 2. The van der Waals surface area contributed by atoms with Gasteiger partial charge in [0, 0.05) is 6.04 Å². The van der Waals surface area contributed by atoms with Crippen molar-refractivity contribution in [3.8, 4) is 11.5 Å². The van der Waals surface area contributed by atoms with Gasteiger partial charge in [0.1, 0.15) is 0 Å². The molecule has 0 fully saturated rings. The van der Waals surface area contributed by atoms with E-state index >= 15 is 0 Å². The number of carboxylic acids is 1. The molecular weight excluding hydrogens is 238 g/mol. The second-order valence-corrected chi connectivity index (χ2v) is 4.01. The maximum absolute atomic E-state index is 12.0. The first-order valence-corrected chi connectivity index (χ1v) is 5.49. The van der Waals surface area contributed by atoms with Crippen LogP contribution in [0.4, 0.5) is 0 Å². The molecular formula is C12H13NO5. The van der Waals surface area contributed by atoms with E-state index in [9.17, 15) is 9.59 Å². The van der Waals surface area contributed by atoms with Gasteiger partial charge in [-0.2, -0.15) is 0 Å². The molecule has 0 bridgehead atoms. The summed E-state index contributed by atoms with van der Waals surface area (Å²) in [7, 11) is 0. The molecule has 6 heteroatoms. The Labute approximate surface area is 104 Å². The average Bonchev–Trinajstić information content (AvgIpc) is 2.74. The Hall–Kier alpha value is -2.24. The Morgan fingerprint density at radius 3 is 2.94 bits per heavy atom. The van der Waals surface area contributed by atoms with Crippen LogP contribution in [0.2, 0.25) is 0 Å². The molecule has 0 aliphatic carbocycles. The number of benzene rings is 1. The molecule has 18 heavy (non-hydrogen) atoms. The van der Waals surface area contributed by atoms with E-state index in [4.69, 9.17) is 14.6 Å². The number of hydrogen-bond acceptors (Lipinski definition) is 4. The lowest BCUT2D eigenvalue weighted by atomic mass is 10.1. The highest BCUT2D eigenvalue weighted by atomic mass is 16.7. The topological polar surface area (TPSA) is 84.9 Å². The van der Waals surface area contributed by atoms with Crippen LogP contribution < -0.4 is 14.8 Å². The molecule has 1 aromatic rings. The van der Waals surface area contributed by atoms with Crippen molar-refractivity contribution in [1.29, 1.82) is 0 Å². The van der Waals surface area contributed by atoms with Gasteiger partial charge in [-0.15, -0.1) is 0 Å². The highest BCUT2D eigenvalue weighted by molar-refractivity contribution is 5.98. The molecule has 96 valence electrons. The highest BCUT2D eigenvalue weighted by Crippen LogP contribution is 2.35. The number of carboxylic acid groups (broad SMARTS) is 1. The SMILES string of the molecule is CC(CC(=O)O)NC(=O)c1cccc2c1OCO2. The molecule has 1 aliphatic heterocycles. The molecule has 0 saturated carbocycles. The highest BCUT2D eigenvalue weighted by Gasteiger charge is 2.22. The van der Waals surface area contributed by atoms with Crippen LogP contribution in [0.25, 0.3) is 0 Å². The fraction of sp³-hybridized carbons (Fsp3) is 0.333. The Bertz CT molecular complexity index is 485. The number of nitrogens with one attached hydrogen (secondary N) is 1. The number of ether oxygens (including phenoxy) is 2. The molecule has 6 nitrogen and oxygen atoms in total. The van der Waals surface area contributed by atoms with Gasteiger partial charge in [-0.1, -0.05) is 6.07 Å². The second-order valence-electron chi connectivity index (χ2n) is 4.01. The number of para-hydroxylation sites is 1. The zero-order valence-corrected chi connectivity index (χ0v) is 9.80. The molecule has 2 N–H and O–H groups in total. The lowest BCUT2D eigenvalue weighted by Crippen LogP contribution is -2.34. The van der Waals surface area contributed by atoms with Gasteiger partial charge in [-0.3, -0.25) is 9.59 Å². The lowest BCUT2D eigenvalue weighted by Gasteiger charge is -2.12. The van der Waals surface area contributed by atoms with Crippen LogP contribution in [0.3, 0.4) is 0 Å². The van der Waals surface area contributed by atoms with Crippen LogP contribution in [-0.4, -0.2) is 29.8 Å². The summed E-state index contributed by atoms with van der Waals surface area (Å²) in [5.41, 5.74) is 0.349. The van der Waals surface area contributed by atoms with Crippen molar-refractivity contribution >= 4 is 11.9 Å². The minimum atomic E-state index is -0.958. The predicted octanol–water partition coefficient (Wildman–Crippen LogP) is 1.01. The number of amides is 1. The van der Waals surface area contributed by atoms with Crippen molar-refractivity contribution in [2.24, 2.45) is 0 Å². The minimum Gasteiger partial charge on any atom is -0.481 e. The number of carbonyl (C=O) groups is 2. The zero-order chi connectivity index (χ0) is 13.1. The summed E-state index contributed by atoms with van der Waals surface area (Å²) in [6.07, 6.45) is -0.127. The smallest absolute Gasteiger partial charge is 0.305 e. The van der Waals surface area contributed by atoms with Gasteiger partial charge in [0.15, 0.2) is 11.5 Å². The van der Waals surface area contributed by atoms with Crippen LogP contribution in [0.15, 0.2) is 18.2 Å². The van der Waals surface area contributed by atoms with E-state index in [1.54, 1.807) is 25.1 Å². The molecule has 1 atom stereocenters. The maximum Gasteiger partial charge on any atom is 0.305 e. The largest absolute Gasteiger partial charge is 0.481 e. The number of fused-ring (bicyclic) bond motifs is 1. The second kappa shape index (κ2) is 4.95. The predicted molar refractivity (Wildman–Crippen MR) is 61.7 cm³/mol. The minimum absolute atomic E-state index is 0.0876. The molecule has 0 aromatic heterocycles. The maximum atomic E-state index is 12.0. The average molecular weight is 251 g/mol. The third kappa shape index (κ3) is 2.53. The summed E-state index contributed by atoms with van der Waals surface area (Å²) >= 11 is 0. The van der Waals surface area contributed by atoms with Crippen molar-refractivity contribution in [3.63, 3.8) is 0 Å². The molecule has 0 spiro atoms. The lowest BCUT2D eigenvalue weighted by molar-refractivity contribution is -0.137. The van der Waals surface area contributed by atoms with Gasteiger partial charge in [0.05, 0.1) is 12.0 Å². The van der Waals surface area contributed by atoms with Gasteiger partial charge in [-0.05, 0) is 19.1 Å². The fourth-order valence-electron chi connectivity index (χ4n) is 1.72. The fourth-order valence-corrected chi connectivity index (χ4v) is 1.72. The Morgan fingerprint density at radius 2 is 2.22 bits per heavy atom. The molecule has 1 heterocycles. The van der Waals surface area contributed by atoms with E-state index in [2.05, 4.69) is 5.32 Å². The van der Waals surface area contributed by atoms with Crippen molar-refractivity contribution in [2.45, 2.75) is 19.4 Å². The van der Waals surface area contributed by atoms with Crippen LogP contribution >= 0.6 is 0 Å². The summed E-state index contributed by atoms with van der Waals surface area (Å²) in [6.45, 7) is 1.72. The standard InChI is InChI=1S/C12H13NO5/c1-7(5-10(14)15)13-12(16)8-3-2-4-9-11(8)18-6-17-9/h2-4,7H,5-6H2,1H3,(H,13,16)(H,14,15). The molecule has 1 unspecified atom stereocenters. The summed E-state index contributed by atoms with van der Waals surface area (Å²) in [5.74, 6) is -0.405. The Balaban J connectivity index is 2.10. The zero-order valence-electron chi connectivity index (χ0n) is 9.80. The summed E-state index contributed by atoms with van der Waals surface area (Å²) in [5, 5.41) is 11.2. The van der Waals surface area contributed by atoms with Crippen molar-refractivity contribution < 1.29 is 24.2 Å². The van der Waals surface area contributed by atoms with Gasteiger partial charge in [-0.25, -0.2) is 0 Å². The molecule has 1 amide bonds. The van der Waals surface area contributed by atoms with Crippen molar-refractivity contribution in [1.82, 2.24) is 5.32 Å². The van der Waals surface area contributed by atoms with Crippen molar-refractivity contribution in [3.05, 3.63) is 23.8 Å². The third-order valence-corrected chi connectivity index (χ3v) is 2.50. The van der Waals surface area contributed by atoms with Gasteiger partial charge >= 0.3 is 5.97 Å². The normalized spacial score (nSPS) is 14.1. The number of carbonyl (C=O) groups excluding carboxylic acids is 1. The van der Waals surface area contributed by atoms with Gasteiger partial charge in [0.25, 0.3) is 5.91 Å². The van der Waals surface area contributed by atoms with Crippen LogP contribution in [0, 0.1) is 0 Å². The summed E-state index contributed by atoms with van der Waals surface area (Å²) in [4.78, 5) is 22.5. The van der Waals surface area contributed by atoms with Crippen LogP contribution in [0.5, 0.6) is 11.5 Å². The first-order chi connectivity index (χ1) is 8.58. The van der Waals surface area contributed by atoms with Crippen LogP contribution in [-0.2, 0) is 4.79 Å². The Morgan fingerprint density at radius 1 is 1.44 bits per heavy atom. The molecule has 0 radical (unpaired) electrons. The van der Waals surface area contributed by atoms with Crippen molar-refractivity contribution in [2.75, 3.05) is 6.79 Å². The first kappa shape index (κ1) is 12.2. The van der Waals surface area contributed by atoms with E-state index in [0.29, 0.717) is 17.1 Å². The van der Waals surface area contributed by atoms with Crippen LogP contribution in [0.1, 0.15) is 23.7 Å². The van der Waals surface area contributed by atoms with E-state index in [1.165, 1.54) is 0 Å². The quantitative estimate of drug-likeness (QED) is 0.834.